The number of nitrogens with zero attached hydrogens (tertiary/aromatic N) is 1. The SMILES string of the molecule is COc1cc2c(cc1OC)CN(CCC(=N)N)CC2.Cl. The number of hydrogen-bond acceptors (Lipinski definition) is 4. The molecule has 0 spiro atoms. The number of methoxy groups -OCH3 is 2. The minimum absolute atomic E-state index is 0. The molecule has 1 aliphatic rings. The van der Waals surface area contributed by atoms with Crippen molar-refractivity contribution in [2.24, 2.45) is 5.73 Å². The number of rotatable bonds is 5. The first-order chi connectivity index (χ1) is 9.13. The van der Waals surface area contributed by atoms with Crippen LogP contribution < -0.4 is 15.2 Å². The Bertz CT molecular complexity index is 480. The van der Waals surface area contributed by atoms with E-state index in [4.69, 9.17) is 20.6 Å². The Morgan fingerprint density at radius 2 is 1.85 bits per heavy atom. The van der Waals surface area contributed by atoms with Crippen molar-refractivity contribution < 1.29 is 9.47 Å². The Morgan fingerprint density at radius 3 is 2.40 bits per heavy atom. The highest BCUT2D eigenvalue weighted by Gasteiger charge is 2.19. The second kappa shape index (κ2) is 7.36. The van der Waals surface area contributed by atoms with Gasteiger partial charge >= 0.3 is 0 Å². The molecule has 3 N–H and O–H groups in total. The Hall–Kier alpha value is -1.46. The molecule has 0 fully saturated rings. The van der Waals surface area contributed by atoms with Crippen molar-refractivity contribution in [3.63, 3.8) is 0 Å². The van der Waals surface area contributed by atoms with Gasteiger partial charge in [-0.05, 0) is 29.7 Å². The summed E-state index contributed by atoms with van der Waals surface area (Å²) < 4.78 is 10.7. The van der Waals surface area contributed by atoms with Crippen molar-refractivity contribution in [3.8, 4) is 11.5 Å². The maximum absolute atomic E-state index is 7.29. The lowest BCUT2D eigenvalue weighted by molar-refractivity contribution is 0.259. The minimum atomic E-state index is 0. The molecule has 112 valence electrons. The van der Waals surface area contributed by atoms with Crippen LogP contribution in [0.4, 0.5) is 0 Å². The molecule has 20 heavy (non-hydrogen) atoms. The summed E-state index contributed by atoms with van der Waals surface area (Å²) in [5.74, 6) is 1.81. The molecule has 2 rings (SSSR count). The van der Waals surface area contributed by atoms with E-state index in [0.717, 1.165) is 37.6 Å². The number of fused-ring (bicyclic) bond motifs is 1. The molecule has 1 aliphatic heterocycles. The predicted octanol–water partition coefficient (Wildman–Crippen LogP) is 1.81. The number of amidine groups is 1. The molecule has 0 bridgehead atoms. The summed E-state index contributed by atoms with van der Waals surface area (Å²) in [6.45, 7) is 2.71. The van der Waals surface area contributed by atoms with Crippen LogP contribution in [0.2, 0.25) is 0 Å². The van der Waals surface area contributed by atoms with E-state index in [1.165, 1.54) is 11.1 Å². The van der Waals surface area contributed by atoms with Gasteiger partial charge in [0.05, 0.1) is 20.1 Å². The van der Waals surface area contributed by atoms with E-state index >= 15 is 0 Å². The van der Waals surface area contributed by atoms with E-state index in [-0.39, 0.29) is 18.2 Å². The van der Waals surface area contributed by atoms with Crippen LogP contribution in [0.5, 0.6) is 11.5 Å². The molecular formula is C14H22ClN3O2. The Labute approximate surface area is 126 Å². The number of nitrogens with two attached hydrogens (primary N) is 1. The van der Waals surface area contributed by atoms with Gasteiger partial charge in [0.1, 0.15) is 0 Å². The maximum atomic E-state index is 7.29. The Balaban J connectivity index is 0.00000200. The molecule has 0 radical (unpaired) electrons. The van der Waals surface area contributed by atoms with Gasteiger partial charge in [0.2, 0.25) is 0 Å². The zero-order valence-electron chi connectivity index (χ0n) is 11.9. The van der Waals surface area contributed by atoms with Crippen molar-refractivity contribution in [2.75, 3.05) is 27.3 Å². The van der Waals surface area contributed by atoms with Crippen molar-refractivity contribution in [2.45, 2.75) is 19.4 Å². The van der Waals surface area contributed by atoms with E-state index in [0.29, 0.717) is 6.42 Å². The minimum Gasteiger partial charge on any atom is -0.493 e. The fraction of sp³-hybridized carbons (Fsp3) is 0.500. The lowest BCUT2D eigenvalue weighted by atomic mass is 9.98. The molecule has 0 aromatic heterocycles. The van der Waals surface area contributed by atoms with E-state index in [2.05, 4.69) is 11.0 Å². The molecule has 5 nitrogen and oxygen atoms in total. The van der Waals surface area contributed by atoms with Gasteiger partial charge in [-0.25, -0.2) is 0 Å². The van der Waals surface area contributed by atoms with Crippen molar-refractivity contribution >= 4 is 18.2 Å². The van der Waals surface area contributed by atoms with E-state index < -0.39 is 0 Å². The molecule has 1 aromatic carbocycles. The summed E-state index contributed by atoms with van der Waals surface area (Å²) in [6, 6.07) is 4.12. The standard InChI is InChI=1S/C14H21N3O2.ClH/c1-18-12-7-10-3-5-17(6-4-14(15)16)9-11(10)8-13(12)19-2;/h7-8H,3-6,9H2,1-2H3,(H3,15,16);1H. The largest absolute Gasteiger partial charge is 0.493 e. The molecule has 0 saturated carbocycles. The average Bonchev–Trinajstić information content (AvgIpc) is 2.43. The third-order valence-corrected chi connectivity index (χ3v) is 3.49. The number of ether oxygens (including phenoxy) is 2. The summed E-state index contributed by atoms with van der Waals surface area (Å²) in [5.41, 5.74) is 8.00. The first-order valence-corrected chi connectivity index (χ1v) is 6.43. The summed E-state index contributed by atoms with van der Waals surface area (Å²) >= 11 is 0. The molecule has 1 aromatic rings. The van der Waals surface area contributed by atoms with E-state index in [9.17, 15) is 0 Å². The molecule has 0 atom stereocenters. The Kier molecular flexibility index (Phi) is 6.10. The molecule has 0 unspecified atom stereocenters. The maximum Gasteiger partial charge on any atom is 0.161 e. The molecule has 1 heterocycles. The lowest BCUT2D eigenvalue weighted by Crippen LogP contribution is -2.33. The molecular weight excluding hydrogens is 278 g/mol. The van der Waals surface area contributed by atoms with Crippen LogP contribution in [0, 0.1) is 5.41 Å². The number of halogens is 1. The Morgan fingerprint density at radius 1 is 1.25 bits per heavy atom. The number of hydrogen-bond donors (Lipinski definition) is 2. The van der Waals surface area contributed by atoms with Crippen LogP contribution in [-0.4, -0.2) is 38.0 Å². The third kappa shape index (κ3) is 3.77. The number of nitrogens with one attached hydrogen (secondary N) is 1. The van der Waals surface area contributed by atoms with Crippen LogP contribution >= 0.6 is 12.4 Å². The second-order valence-corrected chi connectivity index (χ2v) is 4.78. The van der Waals surface area contributed by atoms with Crippen molar-refractivity contribution in [1.82, 2.24) is 4.90 Å². The van der Waals surface area contributed by atoms with Gasteiger partial charge in [0.25, 0.3) is 0 Å². The van der Waals surface area contributed by atoms with Crippen LogP contribution in [0.3, 0.4) is 0 Å². The van der Waals surface area contributed by atoms with Gasteiger partial charge in [-0.3, -0.25) is 10.3 Å². The van der Waals surface area contributed by atoms with Gasteiger partial charge in [-0.2, -0.15) is 0 Å². The third-order valence-electron chi connectivity index (χ3n) is 3.49. The fourth-order valence-electron chi connectivity index (χ4n) is 2.41. The lowest BCUT2D eigenvalue weighted by Gasteiger charge is -2.29. The van der Waals surface area contributed by atoms with Crippen LogP contribution in [0.15, 0.2) is 12.1 Å². The van der Waals surface area contributed by atoms with Gasteiger partial charge in [0, 0.05) is 26.1 Å². The van der Waals surface area contributed by atoms with Crippen LogP contribution in [0.25, 0.3) is 0 Å². The molecule has 0 amide bonds. The topological polar surface area (TPSA) is 71.6 Å². The molecule has 0 aliphatic carbocycles. The van der Waals surface area contributed by atoms with Gasteiger partial charge < -0.3 is 15.2 Å². The van der Waals surface area contributed by atoms with E-state index in [1.54, 1.807) is 14.2 Å². The van der Waals surface area contributed by atoms with Gasteiger partial charge in [-0.15, -0.1) is 12.4 Å². The monoisotopic (exact) mass is 299 g/mol. The smallest absolute Gasteiger partial charge is 0.161 e. The summed E-state index contributed by atoms with van der Waals surface area (Å²) in [7, 11) is 3.31. The second-order valence-electron chi connectivity index (χ2n) is 4.78. The molecule has 6 heteroatoms. The quantitative estimate of drug-likeness (QED) is 0.642. The number of benzene rings is 1. The summed E-state index contributed by atoms with van der Waals surface area (Å²) in [4.78, 5) is 2.32. The predicted molar refractivity (Wildman–Crippen MR) is 82.3 cm³/mol. The van der Waals surface area contributed by atoms with Crippen LogP contribution in [-0.2, 0) is 13.0 Å². The van der Waals surface area contributed by atoms with Gasteiger partial charge in [-0.1, -0.05) is 0 Å². The first-order valence-electron chi connectivity index (χ1n) is 6.43. The first kappa shape index (κ1) is 16.6. The summed E-state index contributed by atoms with van der Waals surface area (Å²) in [5, 5.41) is 7.29. The molecule has 0 saturated heterocycles. The van der Waals surface area contributed by atoms with E-state index in [1.807, 2.05) is 6.07 Å². The highest BCUT2D eigenvalue weighted by atomic mass is 35.5. The zero-order valence-corrected chi connectivity index (χ0v) is 12.8. The fourth-order valence-corrected chi connectivity index (χ4v) is 2.41. The summed E-state index contributed by atoms with van der Waals surface area (Å²) in [6.07, 6.45) is 1.62. The van der Waals surface area contributed by atoms with Gasteiger partial charge in [0.15, 0.2) is 11.5 Å². The van der Waals surface area contributed by atoms with Crippen molar-refractivity contribution in [1.29, 1.82) is 5.41 Å². The van der Waals surface area contributed by atoms with Crippen molar-refractivity contribution in [3.05, 3.63) is 23.3 Å². The zero-order chi connectivity index (χ0) is 13.8. The van der Waals surface area contributed by atoms with Crippen LogP contribution in [0.1, 0.15) is 17.5 Å². The highest BCUT2D eigenvalue weighted by molar-refractivity contribution is 5.85. The normalized spacial score (nSPS) is 14.1. The average molecular weight is 300 g/mol. The highest BCUT2D eigenvalue weighted by Crippen LogP contribution is 2.33.